The van der Waals surface area contributed by atoms with Gasteiger partial charge in [0.25, 0.3) is 0 Å². The molecule has 10 heteroatoms. The van der Waals surface area contributed by atoms with E-state index in [0.717, 1.165) is 52.1 Å². The Labute approximate surface area is 276 Å². The molecule has 1 aliphatic carbocycles. The Bertz CT molecular complexity index is 1790. The van der Waals surface area contributed by atoms with Crippen LogP contribution in [0.5, 0.6) is 0 Å². The zero-order valence-corrected chi connectivity index (χ0v) is 28.1. The van der Waals surface area contributed by atoms with Gasteiger partial charge in [0.05, 0.1) is 23.0 Å². The van der Waals surface area contributed by atoms with Gasteiger partial charge in [-0.1, -0.05) is 30.2 Å². The first-order chi connectivity index (χ1) is 22.1. The topological polar surface area (TPSA) is 98.6 Å². The Morgan fingerprint density at radius 2 is 1.78 bits per heavy atom. The third-order valence-corrected chi connectivity index (χ3v) is 10.6. The molecule has 46 heavy (non-hydrogen) atoms. The van der Waals surface area contributed by atoms with Gasteiger partial charge in [0, 0.05) is 45.6 Å². The number of piperidine rings is 1. The van der Waals surface area contributed by atoms with Crippen LogP contribution in [0.1, 0.15) is 83.2 Å². The first kappa shape index (κ1) is 31.1. The van der Waals surface area contributed by atoms with Crippen molar-refractivity contribution in [3.05, 3.63) is 64.9 Å². The summed E-state index contributed by atoms with van der Waals surface area (Å²) in [5.41, 5.74) is 6.24. The van der Waals surface area contributed by atoms with Crippen molar-refractivity contribution in [1.29, 1.82) is 0 Å². The van der Waals surface area contributed by atoms with Gasteiger partial charge >= 0.3 is 0 Å². The number of rotatable bonds is 8. The molecule has 7 rings (SSSR count). The molecule has 9 nitrogen and oxygen atoms in total. The summed E-state index contributed by atoms with van der Waals surface area (Å²) in [6, 6.07) is 14.8. The first-order valence-electron chi connectivity index (χ1n) is 16.6. The number of imidazole rings is 1. The highest BCUT2D eigenvalue weighted by molar-refractivity contribution is 6.31. The van der Waals surface area contributed by atoms with Gasteiger partial charge in [0.1, 0.15) is 11.7 Å². The predicted molar refractivity (Wildman–Crippen MR) is 185 cm³/mol. The standard InChI is InChI=1S/C36H44ClN7O2/c1-21(2)43-20-39-30-19-29(41-33(32(30)43)40-23-10-12-28(37)26(16-23)34(45)38-5)22-9-11-27-31(15-22)44(35(46)36(27,3)4)25-17-24(18-25)42-13-7-6-8-14-42/h9-12,15-16,19-21,24-25,34,38,45H,6-8,13-14,17-18H2,1-5H3,(H,40,41)/t24-,25+,34?. The maximum atomic E-state index is 13.9. The van der Waals surface area contributed by atoms with Gasteiger partial charge in [0.2, 0.25) is 5.91 Å². The number of aliphatic hydroxyl groups is 1. The number of nitrogens with one attached hydrogen (secondary N) is 2. The SMILES string of the molecule is CNC(O)c1cc(Nc2nc(-c3ccc4c(c3)N([C@H]3C[C@@H](N5CCCCC5)C3)C(=O)C4(C)C)cc3ncn(C(C)C)c23)ccc1Cl. The highest BCUT2D eigenvalue weighted by Gasteiger charge is 2.50. The third kappa shape index (κ3) is 5.27. The summed E-state index contributed by atoms with van der Waals surface area (Å²) in [5.74, 6) is 0.841. The number of amides is 1. The van der Waals surface area contributed by atoms with E-state index in [0.29, 0.717) is 22.4 Å². The maximum Gasteiger partial charge on any atom is 0.237 e. The number of aliphatic hydroxyl groups excluding tert-OH is 1. The van der Waals surface area contributed by atoms with E-state index in [1.165, 1.54) is 32.4 Å². The molecule has 3 aliphatic rings. The van der Waals surface area contributed by atoms with Crippen LogP contribution in [0.2, 0.25) is 5.02 Å². The van der Waals surface area contributed by atoms with Crippen molar-refractivity contribution in [2.45, 2.75) is 89.6 Å². The molecule has 3 N–H and O–H groups in total. The van der Waals surface area contributed by atoms with Crippen LogP contribution in [0.25, 0.3) is 22.3 Å². The molecule has 1 saturated heterocycles. The van der Waals surface area contributed by atoms with Crippen molar-refractivity contribution in [1.82, 2.24) is 24.8 Å². The maximum absolute atomic E-state index is 13.9. The van der Waals surface area contributed by atoms with E-state index in [1.807, 2.05) is 38.4 Å². The summed E-state index contributed by atoms with van der Waals surface area (Å²) in [6.07, 6.45) is 6.90. The van der Waals surface area contributed by atoms with Crippen LogP contribution in [0.3, 0.4) is 0 Å². The Kier molecular flexibility index (Phi) is 8.08. The quantitative estimate of drug-likeness (QED) is 0.180. The minimum absolute atomic E-state index is 0.170. The van der Waals surface area contributed by atoms with E-state index in [4.69, 9.17) is 21.6 Å². The van der Waals surface area contributed by atoms with Crippen LogP contribution in [0.4, 0.5) is 17.2 Å². The monoisotopic (exact) mass is 641 g/mol. The van der Waals surface area contributed by atoms with Gasteiger partial charge in [-0.25, -0.2) is 9.97 Å². The second kappa shape index (κ2) is 11.9. The van der Waals surface area contributed by atoms with E-state index in [9.17, 15) is 9.90 Å². The lowest BCUT2D eigenvalue weighted by Gasteiger charge is -2.48. The third-order valence-electron chi connectivity index (χ3n) is 10.3. The molecular weight excluding hydrogens is 598 g/mol. The number of benzene rings is 2. The summed E-state index contributed by atoms with van der Waals surface area (Å²) in [5, 5.41) is 17.3. The van der Waals surface area contributed by atoms with Gasteiger partial charge < -0.3 is 24.8 Å². The molecule has 2 aliphatic heterocycles. The number of carbonyl (C=O) groups is 1. The summed E-state index contributed by atoms with van der Waals surface area (Å²) in [4.78, 5) is 28.6. The van der Waals surface area contributed by atoms with E-state index >= 15 is 0 Å². The van der Waals surface area contributed by atoms with Gasteiger partial charge in [-0.3, -0.25) is 10.1 Å². The molecule has 4 heterocycles. The lowest BCUT2D eigenvalue weighted by Crippen LogP contribution is -2.57. The Morgan fingerprint density at radius 3 is 2.50 bits per heavy atom. The minimum atomic E-state index is -0.901. The Morgan fingerprint density at radius 1 is 1.02 bits per heavy atom. The van der Waals surface area contributed by atoms with E-state index in [-0.39, 0.29) is 18.0 Å². The molecule has 2 aromatic carbocycles. The van der Waals surface area contributed by atoms with Crippen LogP contribution in [-0.4, -0.2) is 62.7 Å². The fourth-order valence-electron chi connectivity index (χ4n) is 7.47. The van der Waals surface area contributed by atoms with Gasteiger partial charge in [-0.05, 0) is 109 Å². The summed E-state index contributed by atoms with van der Waals surface area (Å²) < 4.78 is 2.11. The van der Waals surface area contributed by atoms with Gasteiger partial charge in [0.15, 0.2) is 5.82 Å². The van der Waals surface area contributed by atoms with Crippen LogP contribution in [-0.2, 0) is 10.2 Å². The van der Waals surface area contributed by atoms with Crippen LogP contribution < -0.4 is 15.5 Å². The minimum Gasteiger partial charge on any atom is -0.374 e. The molecule has 242 valence electrons. The number of likely N-dealkylation sites (tertiary alicyclic amines) is 1. The second-order valence-electron chi connectivity index (χ2n) is 13.9. The number of nitrogens with zero attached hydrogens (tertiary/aromatic N) is 5. The average molecular weight is 642 g/mol. The molecule has 1 unspecified atom stereocenters. The molecule has 2 fully saturated rings. The van der Waals surface area contributed by atoms with Gasteiger partial charge in [-0.15, -0.1) is 0 Å². The molecule has 4 aromatic rings. The molecule has 1 amide bonds. The largest absolute Gasteiger partial charge is 0.374 e. The molecule has 2 aromatic heterocycles. The highest BCUT2D eigenvalue weighted by Crippen LogP contribution is 2.48. The van der Waals surface area contributed by atoms with E-state index in [1.54, 1.807) is 13.1 Å². The molecular formula is C36H44ClN7O2. The number of carbonyl (C=O) groups excluding carboxylic acids is 1. The van der Waals surface area contributed by atoms with Crippen LogP contribution >= 0.6 is 11.6 Å². The van der Waals surface area contributed by atoms with Crippen molar-refractivity contribution >= 4 is 45.7 Å². The summed E-state index contributed by atoms with van der Waals surface area (Å²) in [6.45, 7) is 10.7. The number of pyridine rings is 1. The number of anilines is 3. The van der Waals surface area contributed by atoms with E-state index < -0.39 is 11.6 Å². The van der Waals surface area contributed by atoms with Crippen molar-refractivity contribution < 1.29 is 9.90 Å². The Balaban J connectivity index is 1.26. The summed E-state index contributed by atoms with van der Waals surface area (Å²) >= 11 is 6.41. The lowest BCUT2D eigenvalue weighted by atomic mass is 9.82. The van der Waals surface area contributed by atoms with Crippen molar-refractivity contribution in [3.8, 4) is 11.3 Å². The van der Waals surface area contributed by atoms with Gasteiger partial charge in [-0.2, -0.15) is 0 Å². The zero-order chi connectivity index (χ0) is 32.3. The first-order valence-corrected chi connectivity index (χ1v) is 17.0. The molecule has 0 bridgehead atoms. The molecule has 0 spiro atoms. The zero-order valence-electron chi connectivity index (χ0n) is 27.3. The number of hydrogen-bond acceptors (Lipinski definition) is 7. The average Bonchev–Trinajstić information content (AvgIpc) is 3.55. The molecule has 1 saturated carbocycles. The van der Waals surface area contributed by atoms with Crippen molar-refractivity contribution in [3.63, 3.8) is 0 Å². The number of hydrogen-bond donors (Lipinski definition) is 3. The lowest BCUT2D eigenvalue weighted by molar-refractivity contribution is -0.123. The number of fused-ring (bicyclic) bond motifs is 2. The fourth-order valence-corrected chi connectivity index (χ4v) is 7.69. The highest BCUT2D eigenvalue weighted by atomic mass is 35.5. The van der Waals surface area contributed by atoms with Crippen LogP contribution in [0, 0.1) is 0 Å². The smallest absolute Gasteiger partial charge is 0.237 e. The number of halogens is 1. The van der Waals surface area contributed by atoms with Crippen molar-refractivity contribution in [2.24, 2.45) is 0 Å². The molecule has 0 radical (unpaired) electrons. The number of aromatic nitrogens is 3. The van der Waals surface area contributed by atoms with Crippen LogP contribution in [0.15, 0.2) is 48.8 Å². The van der Waals surface area contributed by atoms with Crippen molar-refractivity contribution in [2.75, 3.05) is 30.4 Å². The summed E-state index contributed by atoms with van der Waals surface area (Å²) in [7, 11) is 1.68. The Hall–Kier alpha value is -3.50. The normalized spacial score (nSPS) is 21.9. The molecule has 1 atom stereocenters. The second-order valence-corrected chi connectivity index (χ2v) is 14.3. The fraction of sp³-hybridized carbons (Fsp3) is 0.472. The predicted octanol–water partition coefficient (Wildman–Crippen LogP) is 6.93. The van der Waals surface area contributed by atoms with E-state index in [2.05, 4.69) is 57.0 Å².